The highest BCUT2D eigenvalue weighted by atomic mass is 16.2. The van der Waals surface area contributed by atoms with E-state index in [1.165, 1.54) is 6.19 Å². The number of nitriles is 1. The number of hydrogen-bond donors (Lipinski definition) is 0. The molecule has 0 aromatic carbocycles. The summed E-state index contributed by atoms with van der Waals surface area (Å²) in [5.41, 5.74) is 0. The van der Waals surface area contributed by atoms with E-state index in [4.69, 9.17) is 5.26 Å². The third kappa shape index (κ3) is 0.765. The third-order valence-corrected chi connectivity index (χ3v) is 1.15. The number of carbonyl (C=O) groups excluding carboxylic acids is 2. The molecular formula is C5H4N2O2. The van der Waals surface area contributed by atoms with Crippen LogP contribution in [0.4, 0.5) is 0 Å². The smallest absolute Gasteiger partial charge is 0.243 e. The molecule has 9 heavy (non-hydrogen) atoms. The summed E-state index contributed by atoms with van der Waals surface area (Å²) in [6.07, 6.45) is 1.87. The van der Waals surface area contributed by atoms with Crippen LogP contribution in [0.2, 0.25) is 0 Å². The van der Waals surface area contributed by atoms with Gasteiger partial charge in [0.15, 0.2) is 6.19 Å². The fourth-order valence-electron chi connectivity index (χ4n) is 0.688. The molecule has 2 amide bonds. The summed E-state index contributed by atoms with van der Waals surface area (Å²) >= 11 is 0. The van der Waals surface area contributed by atoms with E-state index in [9.17, 15) is 9.59 Å². The van der Waals surface area contributed by atoms with Crippen LogP contribution in [0, 0.1) is 11.5 Å². The van der Waals surface area contributed by atoms with Crippen molar-refractivity contribution in [3.05, 3.63) is 0 Å². The van der Waals surface area contributed by atoms with E-state index >= 15 is 0 Å². The van der Waals surface area contributed by atoms with E-state index in [0.29, 0.717) is 4.90 Å². The van der Waals surface area contributed by atoms with Gasteiger partial charge < -0.3 is 0 Å². The van der Waals surface area contributed by atoms with Crippen molar-refractivity contribution in [2.24, 2.45) is 0 Å². The van der Waals surface area contributed by atoms with Gasteiger partial charge in [0.2, 0.25) is 11.8 Å². The lowest BCUT2D eigenvalue weighted by atomic mass is 10.4. The molecule has 0 saturated carbocycles. The van der Waals surface area contributed by atoms with Crippen LogP contribution in [0.5, 0.6) is 0 Å². The zero-order chi connectivity index (χ0) is 6.85. The van der Waals surface area contributed by atoms with Gasteiger partial charge in [-0.2, -0.15) is 10.2 Å². The van der Waals surface area contributed by atoms with Gasteiger partial charge in [-0.15, -0.1) is 0 Å². The maximum absolute atomic E-state index is 10.5. The molecule has 0 aromatic rings. The molecule has 46 valence electrons. The van der Waals surface area contributed by atoms with E-state index in [-0.39, 0.29) is 24.7 Å². The Kier molecular flexibility index (Phi) is 1.19. The highest BCUT2D eigenvalue weighted by Crippen LogP contribution is 2.08. The average Bonchev–Trinajstić information content (AvgIpc) is 2.12. The Labute approximate surface area is 51.7 Å². The molecule has 1 rings (SSSR count). The molecule has 4 nitrogen and oxygen atoms in total. The number of carbonyl (C=O) groups is 2. The minimum absolute atomic E-state index is 0.187. The Morgan fingerprint density at radius 2 is 1.78 bits per heavy atom. The highest BCUT2D eigenvalue weighted by Gasteiger charge is 2.28. The Hall–Kier alpha value is -1.37. The number of hydrogen-bond acceptors (Lipinski definition) is 3. The van der Waals surface area contributed by atoms with Crippen molar-refractivity contribution in [1.82, 2.24) is 4.90 Å². The molecule has 1 aliphatic heterocycles. The van der Waals surface area contributed by atoms with Gasteiger partial charge in [-0.05, 0) is 0 Å². The molecule has 1 saturated heterocycles. The summed E-state index contributed by atoms with van der Waals surface area (Å²) in [5.74, 6) is -0.773. The van der Waals surface area contributed by atoms with Gasteiger partial charge >= 0.3 is 0 Å². The van der Waals surface area contributed by atoms with Crippen molar-refractivity contribution in [3.8, 4) is 6.19 Å². The van der Waals surface area contributed by atoms with Crippen LogP contribution in [-0.2, 0) is 9.59 Å². The quantitative estimate of drug-likeness (QED) is 0.326. The second-order valence-electron chi connectivity index (χ2n) is 1.72. The first kappa shape index (κ1) is 5.76. The van der Waals surface area contributed by atoms with Gasteiger partial charge in [0.25, 0.3) is 0 Å². The van der Waals surface area contributed by atoms with Gasteiger partial charge in [-0.1, -0.05) is 0 Å². The lowest BCUT2D eigenvalue weighted by Crippen LogP contribution is -2.22. The summed E-state index contributed by atoms with van der Waals surface area (Å²) < 4.78 is 0. The van der Waals surface area contributed by atoms with Gasteiger partial charge in [0, 0.05) is 12.8 Å². The number of likely N-dealkylation sites (tertiary alicyclic amines) is 1. The monoisotopic (exact) mass is 124 g/mol. The van der Waals surface area contributed by atoms with Crippen molar-refractivity contribution in [2.75, 3.05) is 0 Å². The number of rotatable bonds is 0. The largest absolute Gasteiger partial charge is 0.273 e. The first-order valence-electron chi connectivity index (χ1n) is 2.51. The van der Waals surface area contributed by atoms with Gasteiger partial charge in [-0.3, -0.25) is 9.59 Å². The highest BCUT2D eigenvalue weighted by molar-refractivity contribution is 6.03. The van der Waals surface area contributed by atoms with Crippen LogP contribution in [0.25, 0.3) is 0 Å². The summed E-state index contributed by atoms with van der Waals surface area (Å²) in [7, 11) is 0. The Balaban J connectivity index is 2.81. The van der Waals surface area contributed by atoms with Crippen LogP contribution in [0.15, 0.2) is 0 Å². The van der Waals surface area contributed by atoms with Crippen LogP contribution in [-0.4, -0.2) is 16.7 Å². The molecule has 1 heterocycles. The molecule has 0 unspecified atom stereocenters. The summed E-state index contributed by atoms with van der Waals surface area (Å²) in [4.78, 5) is 21.6. The van der Waals surface area contributed by atoms with Crippen LogP contribution >= 0.6 is 0 Å². The molecular weight excluding hydrogens is 120 g/mol. The fourth-order valence-corrected chi connectivity index (χ4v) is 0.688. The van der Waals surface area contributed by atoms with Gasteiger partial charge in [-0.25, -0.2) is 0 Å². The SMILES string of the molecule is N#CN1C(=O)CCC1=O. The predicted molar refractivity (Wildman–Crippen MR) is 26.7 cm³/mol. The summed E-state index contributed by atoms with van der Waals surface area (Å²) in [6.45, 7) is 0. The zero-order valence-corrected chi connectivity index (χ0v) is 4.63. The normalized spacial score (nSPS) is 18.3. The van der Waals surface area contributed by atoms with Crippen LogP contribution in [0.1, 0.15) is 12.8 Å². The van der Waals surface area contributed by atoms with E-state index in [1.54, 1.807) is 0 Å². The van der Waals surface area contributed by atoms with Crippen LogP contribution in [0.3, 0.4) is 0 Å². The molecule has 1 fully saturated rings. The molecule has 0 atom stereocenters. The van der Waals surface area contributed by atoms with E-state index in [0.717, 1.165) is 0 Å². The molecule has 4 heteroatoms. The standard InChI is InChI=1S/C5H4N2O2/c6-3-7-4(8)1-2-5(7)9/h1-2H2. The van der Waals surface area contributed by atoms with Crippen molar-refractivity contribution in [2.45, 2.75) is 12.8 Å². The first-order chi connectivity index (χ1) is 4.25. The Bertz CT molecular complexity index is 187. The number of amides is 2. The second-order valence-corrected chi connectivity index (χ2v) is 1.72. The summed E-state index contributed by atoms with van der Waals surface area (Å²) in [5, 5.41) is 8.14. The zero-order valence-electron chi connectivity index (χ0n) is 4.63. The van der Waals surface area contributed by atoms with E-state index in [1.807, 2.05) is 0 Å². The van der Waals surface area contributed by atoms with Crippen LogP contribution < -0.4 is 0 Å². The van der Waals surface area contributed by atoms with Gasteiger partial charge in [0.05, 0.1) is 0 Å². The molecule has 0 bridgehead atoms. The second kappa shape index (κ2) is 1.86. The molecule has 0 spiro atoms. The fraction of sp³-hybridized carbons (Fsp3) is 0.400. The maximum Gasteiger partial charge on any atom is 0.243 e. The van der Waals surface area contributed by atoms with Crippen molar-refractivity contribution >= 4 is 11.8 Å². The van der Waals surface area contributed by atoms with Crippen molar-refractivity contribution < 1.29 is 9.59 Å². The minimum Gasteiger partial charge on any atom is -0.273 e. The number of imide groups is 1. The molecule has 1 aliphatic rings. The lowest BCUT2D eigenvalue weighted by Gasteiger charge is -1.96. The Morgan fingerprint density at radius 1 is 1.33 bits per heavy atom. The molecule has 0 radical (unpaired) electrons. The van der Waals surface area contributed by atoms with Gasteiger partial charge in [0.1, 0.15) is 0 Å². The molecule has 0 N–H and O–H groups in total. The Morgan fingerprint density at radius 3 is 2.00 bits per heavy atom. The predicted octanol–water partition coefficient (Wildman–Crippen LogP) is -0.384. The summed E-state index contributed by atoms with van der Waals surface area (Å²) in [6, 6.07) is 0. The van der Waals surface area contributed by atoms with E-state index in [2.05, 4.69) is 0 Å². The maximum atomic E-state index is 10.5. The minimum atomic E-state index is -0.387. The molecule has 0 aromatic heterocycles. The van der Waals surface area contributed by atoms with E-state index < -0.39 is 0 Å². The first-order valence-corrected chi connectivity index (χ1v) is 2.51. The third-order valence-electron chi connectivity index (χ3n) is 1.15. The van der Waals surface area contributed by atoms with Crippen molar-refractivity contribution in [1.29, 1.82) is 5.26 Å². The average molecular weight is 124 g/mol. The number of nitrogens with zero attached hydrogens (tertiary/aromatic N) is 2. The topological polar surface area (TPSA) is 61.2 Å². The lowest BCUT2D eigenvalue weighted by molar-refractivity contribution is -0.134. The molecule has 0 aliphatic carbocycles. The van der Waals surface area contributed by atoms with Crippen molar-refractivity contribution in [3.63, 3.8) is 0 Å².